The summed E-state index contributed by atoms with van der Waals surface area (Å²) in [6.07, 6.45) is 2.82. The van der Waals surface area contributed by atoms with E-state index in [1.54, 1.807) is 6.21 Å². The van der Waals surface area contributed by atoms with E-state index in [0.717, 1.165) is 16.7 Å². The number of anilines is 1. The number of nitrogens with one attached hydrogen (secondary N) is 1. The van der Waals surface area contributed by atoms with Crippen molar-refractivity contribution in [1.29, 1.82) is 0 Å². The zero-order chi connectivity index (χ0) is 20.4. The summed E-state index contributed by atoms with van der Waals surface area (Å²) in [6, 6.07) is 6.69. The topological polar surface area (TPSA) is 101 Å². The number of hydrogen-bond acceptors (Lipinski definition) is 6. The molecule has 7 heteroatoms. The number of aromatic nitrogens is 1. The molecule has 0 aliphatic rings. The SMILES string of the molecule is CC(C)(C)c1cc(C=NNc2ccc([N+](=O)[O-])cn2)cc(C(C)(C)C)c1O. The molecule has 0 bridgehead atoms. The molecule has 1 aromatic carbocycles. The van der Waals surface area contributed by atoms with Crippen molar-refractivity contribution < 1.29 is 10.0 Å². The predicted molar refractivity (Wildman–Crippen MR) is 108 cm³/mol. The van der Waals surface area contributed by atoms with Crippen LogP contribution in [0.2, 0.25) is 0 Å². The number of nitro groups is 1. The minimum atomic E-state index is -0.501. The molecule has 0 saturated carbocycles. The monoisotopic (exact) mass is 370 g/mol. The first kappa shape index (κ1) is 20.4. The summed E-state index contributed by atoms with van der Waals surface area (Å²) in [5.74, 6) is 0.722. The Morgan fingerprint density at radius 3 is 2.07 bits per heavy atom. The molecular weight excluding hydrogens is 344 g/mol. The van der Waals surface area contributed by atoms with Crippen LogP contribution in [0.3, 0.4) is 0 Å². The highest BCUT2D eigenvalue weighted by molar-refractivity contribution is 5.82. The smallest absolute Gasteiger partial charge is 0.287 e. The Balaban J connectivity index is 2.32. The Kier molecular flexibility index (Phi) is 5.54. The summed E-state index contributed by atoms with van der Waals surface area (Å²) in [5, 5.41) is 25.6. The summed E-state index contributed by atoms with van der Waals surface area (Å²) >= 11 is 0. The summed E-state index contributed by atoms with van der Waals surface area (Å²) < 4.78 is 0. The van der Waals surface area contributed by atoms with Crippen LogP contribution in [0.15, 0.2) is 35.6 Å². The van der Waals surface area contributed by atoms with Crippen molar-refractivity contribution in [3.63, 3.8) is 0 Å². The zero-order valence-electron chi connectivity index (χ0n) is 16.6. The Hall–Kier alpha value is -2.96. The predicted octanol–water partition coefficient (Wildman–Crippen LogP) is 4.74. The third-order valence-corrected chi connectivity index (χ3v) is 4.10. The number of aromatic hydroxyl groups is 1. The first-order valence-electron chi connectivity index (χ1n) is 8.67. The minimum absolute atomic E-state index is 0.0762. The molecule has 1 heterocycles. The number of hydrazone groups is 1. The number of phenolic OH excluding ortho intramolecular Hbond substituents is 1. The summed E-state index contributed by atoms with van der Waals surface area (Å²) in [6.45, 7) is 12.3. The lowest BCUT2D eigenvalue weighted by molar-refractivity contribution is -0.385. The fourth-order valence-corrected chi connectivity index (χ4v) is 2.61. The number of benzene rings is 1. The van der Waals surface area contributed by atoms with Crippen molar-refractivity contribution in [2.24, 2.45) is 5.10 Å². The van der Waals surface area contributed by atoms with Gasteiger partial charge in [-0.1, -0.05) is 41.5 Å². The summed E-state index contributed by atoms with van der Waals surface area (Å²) in [4.78, 5) is 14.1. The van der Waals surface area contributed by atoms with Crippen LogP contribution in [0.5, 0.6) is 5.75 Å². The number of phenols is 1. The number of hydrogen-bond donors (Lipinski definition) is 2. The van der Waals surface area contributed by atoms with Crippen LogP contribution in [-0.4, -0.2) is 21.2 Å². The summed E-state index contributed by atoms with van der Waals surface area (Å²) in [5.41, 5.74) is 4.79. The molecule has 0 aliphatic carbocycles. The van der Waals surface area contributed by atoms with Crippen molar-refractivity contribution in [3.05, 3.63) is 57.3 Å². The molecule has 27 heavy (non-hydrogen) atoms. The standard InChI is InChI=1S/C20H26N4O3/c1-19(2,3)15-9-13(10-16(18(15)25)20(4,5)6)11-22-23-17-8-7-14(12-21-17)24(26)27/h7-12,25H,1-6H3,(H,21,23). The van der Waals surface area contributed by atoms with Gasteiger partial charge in [-0.2, -0.15) is 5.10 Å². The van der Waals surface area contributed by atoms with Crippen molar-refractivity contribution in [2.75, 3.05) is 5.43 Å². The highest BCUT2D eigenvalue weighted by atomic mass is 16.6. The maximum absolute atomic E-state index is 10.7. The first-order valence-corrected chi connectivity index (χ1v) is 8.67. The molecule has 0 spiro atoms. The fourth-order valence-electron chi connectivity index (χ4n) is 2.61. The third kappa shape index (κ3) is 5.03. The van der Waals surface area contributed by atoms with Crippen LogP contribution in [0, 0.1) is 10.1 Å². The Morgan fingerprint density at radius 1 is 1.11 bits per heavy atom. The average molecular weight is 370 g/mol. The lowest BCUT2D eigenvalue weighted by atomic mass is 9.78. The van der Waals surface area contributed by atoms with Gasteiger partial charge in [-0.05, 0) is 34.6 Å². The lowest BCUT2D eigenvalue weighted by Gasteiger charge is -2.27. The Morgan fingerprint density at radius 2 is 1.67 bits per heavy atom. The first-order chi connectivity index (χ1) is 12.4. The van der Waals surface area contributed by atoms with Gasteiger partial charge in [0.15, 0.2) is 0 Å². The van der Waals surface area contributed by atoms with Gasteiger partial charge in [-0.25, -0.2) is 4.98 Å². The second-order valence-corrected chi connectivity index (χ2v) is 8.49. The van der Waals surface area contributed by atoms with E-state index in [9.17, 15) is 15.2 Å². The van der Waals surface area contributed by atoms with Crippen LogP contribution in [0.1, 0.15) is 58.2 Å². The van der Waals surface area contributed by atoms with Gasteiger partial charge in [0.1, 0.15) is 17.8 Å². The van der Waals surface area contributed by atoms with Crippen molar-refractivity contribution >= 4 is 17.7 Å². The lowest BCUT2D eigenvalue weighted by Crippen LogP contribution is -2.18. The Bertz CT molecular complexity index is 825. The van der Waals surface area contributed by atoms with E-state index >= 15 is 0 Å². The van der Waals surface area contributed by atoms with Crippen LogP contribution < -0.4 is 5.43 Å². The maximum atomic E-state index is 10.7. The van der Waals surface area contributed by atoms with Crippen LogP contribution >= 0.6 is 0 Å². The molecule has 0 amide bonds. The molecule has 144 valence electrons. The van der Waals surface area contributed by atoms with E-state index in [1.165, 1.54) is 18.3 Å². The molecule has 0 saturated heterocycles. The molecule has 0 fully saturated rings. The van der Waals surface area contributed by atoms with Crippen LogP contribution in [0.4, 0.5) is 11.5 Å². The maximum Gasteiger partial charge on any atom is 0.287 e. The molecule has 2 aromatic rings. The van der Waals surface area contributed by atoms with Gasteiger partial charge in [-0.15, -0.1) is 0 Å². The molecular formula is C20H26N4O3. The molecule has 0 atom stereocenters. The number of pyridine rings is 1. The molecule has 0 aliphatic heterocycles. The van der Waals surface area contributed by atoms with Gasteiger partial charge in [0, 0.05) is 17.2 Å². The highest BCUT2D eigenvalue weighted by Crippen LogP contribution is 2.39. The van der Waals surface area contributed by atoms with Crippen molar-refractivity contribution in [3.8, 4) is 5.75 Å². The van der Waals surface area contributed by atoms with E-state index in [1.807, 2.05) is 12.1 Å². The molecule has 1 aromatic heterocycles. The zero-order valence-corrected chi connectivity index (χ0v) is 16.6. The Labute approximate surface area is 159 Å². The molecule has 0 radical (unpaired) electrons. The highest BCUT2D eigenvalue weighted by Gasteiger charge is 2.26. The van der Waals surface area contributed by atoms with Crippen LogP contribution in [-0.2, 0) is 10.8 Å². The van der Waals surface area contributed by atoms with Gasteiger partial charge in [-0.3, -0.25) is 15.5 Å². The molecule has 7 nitrogen and oxygen atoms in total. The van der Waals surface area contributed by atoms with Gasteiger partial charge < -0.3 is 5.11 Å². The molecule has 2 N–H and O–H groups in total. The van der Waals surface area contributed by atoms with Crippen molar-refractivity contribution in [1.82, 2.24) is 4.98 Å². The summed E-state index contributed by atoms with van der Waals surface area (Å²) in [7, 11) is 0. The van der Waals surface area contributed by atoms with Gasteiger partial charge in [0.25, 0.3) is 5.69 Å². The average Bonchev–Trinajstić information content (AvgIpc) is 2.54. The van der Waals surface area contributed by atoms with Gasteiger partial charge >= 0.3 is 0 Å². The van der Waals surface area contributed by atoms with Gasteiger partial charge in [0.2, 0.25) is 0 Å². The number of rotatable bonds is 4. The largest absolute Gasteiger partial charge is 0.507 e. The van der Waals surface area contributed by atoms with Crippen molar-refractivity contribution in [2.45, 2.75) is 52.4 Å². The molecule has 2 rings (SSSR count). The quantitative estimate of drug-likeness (QED) is 0.460. The number of nitrogens with zero attached hydrogens (tertiary/aromatic N) is 3. The van der Waals surface area contributed by atoms with Gasteiger partial charge in [0.05, 0.1) is 11.1 Å². The molecule has 0 unspecified atom stereocenters. The van der Waals surface area contributed by atoms with E-state index < -0.39 is 4.92 Å². The second kappa shape index (κ2) is 7.34. The third-order valence-electron chi connectivity index (χ3n) is 4.10. The fraction of sp³-hybridized carbons (Fsp3) is 0.400. The second-order valence-electron chi connectivity index (χ2n) is 8.49. The van der Waals surface area contributed by atoms with E-state index in [-0.39, 0.29) is 16.5 Å². The van der Waals surface area contributed by atoms with E-state index in [4.69, 9.17) is 0 Å². The van der Waals surface area contributed by atoms with E-state index in [0.29, 0.717) is 11.6 Å². The normalized spacial score (nSPS) is 12.4. The minimum Gasteiger partial charge on any atom is -0.507 e. The van der Waals surface area contributed by atoms with Crippen LogP contribution in [0.25, 0.3) is 0 Å². The van der Waals surface area contributed by atoms with E-state index in [2.05, 4.69) is 57.1 Å².